The SMILES string of the molecule is CC(C)(C)c1ccc(Nc2cc(-c3cccc(OC(F)(F)F)c3)nc(NC3CC3)n2)cc1. The summed E-state index contributed by atoms with van der Waals surface area (Å²) in [4.78, 5) is 9.05. The molecule has 3 aromatic rings. The number of aromatic nitrogens is 2. The zero-order valence-electron chi connectivity index (χ0n) is 18.1. The summed E-state index contributed by atoms with van der Waals surface area (Å²) in [7, 11) is 0. The highest BCUT2D eigenvalue weighted by Crippen LogP contribution is 2.31. The number of ether oxygens (including phenoxy) is 1. The highest BCUT2D eigenvalue weighted by molar-refractivity contribution is 5.68. The standard InChI is InChI=1S/C24H25F3N4O/c1-23(2,3)16-7-9-17(10-8-16)28-21-14-20(30-22(31-21)29-18-11-12-18)15-5-4-6-19(13-15)32-24(25,26)27/h4-10,13-14,18H,11-12H2,1-3H3,(H2,28,29,30,31). The normalized spacial score (nSPS) is 14.2. The second-order valence-electron chi connectivity index (χ2n) is 8.91. The summed E-state index contributed by atoms with van der Waals surface area (Å²) < 4.78 is 42.0. The number of hydrogen-bond donors (Lipinski definition) is 2. The van der Waals surface area contributed by atoms with Crippen LogP contribution < -0.4 is 15.4 Å². The van der Waals surface area contributed by atoms with Crippen molar-refractivity contribution in [2.75, 3.05) is 10.6 Å². The van der Waals surface area contributed by atoms with Gasteiger partial charge < -0.3 is 15.4 Å². The second-order valence-corrected chi connectivity index (χ2v) is 8.91. The van der Waals surface area contributed by atoms with E-state index in [1.54, 1.807) is 12.1 Å². The minimum atomic E-state index is -4.76. The molecule has 0 atom stereocenters. The van der Waals surface area contributed by atoms with Crippen molar-refractivity contribution in [2.45, 2.75) is 51.4 Å². The zero-order valence-corrected chi connectivity index (χ0v) is 18.1. The monoisotopic (exact) mass is 442 g/mol. The van der Waals surface area contributed by atoms with Crippen LogP contribution in [0.5, 0.6) is 5.75 Å². The highest BCUT2D eigenvalue weighted by Gasteiger charge is 2.31. The Labute approximate surface area is 185 Å². The minimum absolute atomic E-state index is 0.0471. The van der Waals surface area contributed by atoms with Gasteiger partial charge >= 0.3 is 6.36 Å². The molecule has 0 amide bonds. The molecule has 2 aromatic carbocycles. The molecule has 0 aliphatic heterocycles. The average Bonchev–Trinajstić information content (AvgIpc) is 3.50. The van der Waals surface area contributed by atoms with E-state index in [0.717, 1.165) is 18.5 Å². The van der Waals surface area contributed by atoms with Gasteiger partial charge in [0, 0.05) is 23.4 Å². The molecule has 0 bridgehead atoms. The van der Waals surface area contributed by atoms with Crippen molar-refractivity contribution in [3.63, 3.8) is 0 Å². The first-order chi connectivity index (χ1) is 15.0. The fourth-order valence-electron chi connectivity index (χ4n) is 3.19. The van der Waals surface area contributed by atoms with Gasteiger partial charge in [0.25, 0.3) is 0 Å². The van der Waals surface area contributed by atoms with Crippen molar-refractivity contribution in [1.29, 1.82) is 0 Å². The fraction of sp³-hybridized carbons (Fsp3) is 0.333. The smallest absolute Gasteiger partial charge is 0.406 e. The van der Waals surface area contributed by atoms with Crippen molar-refractivity contribution >= 4 is 17.5 Å². The van der Waals surface area contributed by atoms with Crippen LogP contribution in [-0.4, -0.2) is 22.4 Å². The zero-order chi connectivity index (χ0) is 22.9. The molecule has 0 unspecified atom stereocenters. The molecule has 0 radical (unpaired) electrons. The number of halogens is 3. The van der Waals surface area contributed by atoms with E-state index in [2.05, 4.69) is 58.2 Å². The first kappa shape index (κ1) is 21.9. The summed E-state index contributed by atoms with van der Waals surface area (Å²) in [6.45, 7) is 6.45. The fourth-order valence-corrected chi connectivity index (χ4v) is 3.19. The molecule has 0 saturated heterocycles. The maximum atomic E-state index is 12.6. The van der Waals surface area contributed by atoms with Crippen molar-refractivity contribution < 1.29 is 17.9 Å². The Morgan fingerprint density at radius 3 is 2.28 bits per heavy atom. The second kappa shape index (κ2) is 8.33. The highest BCUT2D eigenvalue weighted by atomic mass is 19.4. The third-order valence-corrected chi connectivity index (χ3v) is 5.02. The van der Waals surface area contributed by atoms with E-state index in [4.69, 9.17) is 0 Å². The molecule has 1 heterocycles. The Hall–Kier alpha value is -3.29. The Bertz CT molecular complexity index is 1090. The Kier molecular flexibility index (Phi) is 5.71. The number of hydrogen-bond acceptors (Lipinski definition) is 5. The van der Waals surface area contributed by atoms with Crippen LogP contribution in [0.25, 0.3) is 11.3 Å². The Morgan fingerprint density at radius 2 is 1.66 bits per heavy atom. The number of alkyl halides is 3. The van der Waals surface area contributed by atoms with Gasteiger partial charge in [-0.1, -0.05) is 45.0 Å². The number of anilines is 3. The predicted molar refractivity (Wildman–Crippen MR) is 119 cm³/mol. The number of nitrogens with one attached hydrogen (secondary N) is 2. The Morgan fingerprint density at radius 1 is 0.938 bits per heavy atom. The number of benzene rings is 2. The van der Waals surface area contributed by atoms with Crippen molar-refractivity contribution in [3.8, 4) is 17.0 Å². The van der Waals surface area contributed by atoms with Crippen LogP contribution in [0, 0.1) is 0 Å². The number of nitrogens with zero attached hydrogens (tertiary/aromatic N) is 2. The van der Waals surface area contributed by atoms with E-state index in [1.807, 2.05) is 12.1 Å². The molecule has 0 spiro atoms. The lowest BCUT2D eigenvalue weighted by molar-refractivity contribution is -0.274. The van der Waals surface area contributed by atoms with Gasteiger partial charge in [0.05, 0.1) is 5.69 Å². The molecule has 1 aliphatic rings. The van der Waals surface area contributed by atoms with E-state index in [0.29, 0.717) is 29.1 Å². The average molecular weight is 442 g/mol. The van der Waals surface area contributed by atoms with Gasteiger partial charge in [0.2, 0.25) is 5.95 Å². The molecule has 1 aliphatic carbocycles. The topological polar surface area (TPSA) is 59.1 Å². The third-order valence-electron chi connectivity index (χ3n) is 5.02. The first-order valence-electron chi connectivity index (χ1n) is 10.4. The van der Waals surface area contributed by atoms with Crippen LogP contribution in [0.2, 0.25) is 0 Å². The Balaban J connectivity index is 1.64. The maximum absolute atomic E-state index is 12.6. The van der Waals surface area contributed by atoms with Gasteiger partial charge in [-0.3, -0.25) is 0 Å². The lowest BCUT2D eigenvalue weighted by Gasteiger charge is -2.19. The molecular formula is C24H25F3N4O. The maximum Gasteiger partial charge on any atom is 0.573 e. The summed E-state index contributed by atoms with van der Waals surface area (Å²) in [5.41, 5.74) is 3.10. The predicted octanol–water partition coefficient (Wildman–Crippen LogP) is 6.66. The molecule has 2 N–H and O–H groups in total. The summed E-state index contributed by atoms with van der Waals surface area (Å²) in [6, 6.07) is 15.9. The van der Waals surface area contributed by atoms with E-state index in [9.17, 15) is 13.2 Å². The van der Waals surface area contributed by atoms with E-state index < -0.39 is 6.36 Å². The van der Waals surface area contributed by atoms with Crippen LogP contribution in [0.3, 0.4) is 0 Å². The third kappa shape index (κ3) is 5.90. The van der Waals surface area contributed by atoms with Crippen LogP contribution in [0.1, 0.15) is 39.2 Å². The quantitative estimate of drug-likeness (QED) is 0.447. The van der Waals surface area contributed by atoms with Gasteiger partial charge in [-0.25, -0.2) is 4.98 Å². The van der Waals surface area contributed by atoms with Crippen LogP contribution >= 0.6 is 0 Å². The van der Waals surface area contributed by atoms with Gasteiger partial charge in [-0.05, 0) is 48.1 Å². The molecule has 168 valence electrons. The van der Waals surface area contributed by atoms with Crippen molar-refractivity contribution in [3.05, 3.63) is 60.2 Å². The summed E-state index contributed by atoms with van der Waals surface area (Å²) in [5, 5.41) is 6.54. The molecule has 1 saturated carbocycles. The van der Waals surface area contributed by atoms with E-state index >= 15 is 0 Å². The molecule has 1 fully saturated rings. The molecular weight excluding hydrogens is 417 g/mol. The van der Waals surface area contributed by atoms with Gasteiger partial charge in [-0.2, -0.15) is 4.98 Å². The molecule has 1 aromatic heterocycles. The molecule has 5 nitrogen and oxygen atoms in total. The minimum Gasteiger partial charge on any atom is -0.406 e. The lowest BCUT2D eigenvalue weighted by atomic mass is 9.87. The first-order valence-corrected chi connectivity index (χ1v) is 10.4. The largest absolute Gasteiger partial charge is 0.573 e. The van der Waals surface area contributed by atoms with Crippen LogP contribution in [-0.2, 0) is 5.41 Å². The molecule has 8 heteroatoms. The van der Waals surface area contributed by atoms with Gasteiger partial charge in [0.15, 0.2) is 0 Å². The molecule has 32 heavy (non-hydrogen) atoms. The van der Waals surface area contributed by atoms with E-state index in [-0.39, 0.29) is 11.2 Å². The van der Waals surface area contributed by atoms with Gasteiger partial charge in [0.1, 0.15) is 11.6 Å². The summed E-state index contributed by atoms with van der Waals surface area (Å²) in [5.74, 6) is 0.683. The van der Waals surface area contributed by atoms with Crippen LogP contribution in [0.4, 0.5) is 30.6 Å². The van der Waals surface area contributed by atoms with E-state index in [1.165, 1.54) is 23.8 Å². The molecule has 4 rings (SSSR count). The van der Waals surface area contributed by atoms with Crippen LogP contribution in [0.15, 0.2) is 54.6 Å². The number of rotatable bonds is 6. The summed E-state index contributed by atoms with van der Waals surface area (Å²) in [6.07, 6.45) is -2.67. The van der Waals surface area contributed by atoms with Crippen molar-refractivity contribution in [1.82, 2.24) is 9.97 Å². The summed E-state index contributed by atoms with van der Waals surface area (Å²) >= 11 is 0. The lowest BCUT2D eigenvalue weighted by Crippen LogP contribution is -2.17. The van der Waals surface area contributed by atoms with Gasteiger partial charge in [-0.15, -0.1) is 13.2 Å². The van der Waals surface area contributed by atoms with Crippen molar-refractivity contribution in [2.24, 2.45) is 0 Å².